The third-order valence-corrected chi connectivity index (χ3v) is 4.89. The Balaban J connectivity index is 2.02. The van der Waals surface area contributed by atoms with E-state index in [-0.39, 0.29) is 11.4 Å². The summed E-state index contributed by atoms with van der Waals surface area (Å²) in [5.74, 6) is 0.0845. The van der Waals surface area contributed by atoms with Crippen LogP contribution in [-0.2, 0) is 10.3 Å². The van der Waals surface area contributed by atoms with Crippen molar-refractivity contribution in [2.45, 2.75) is 50.6 Å². The Morgan fingerprint density at radius 2 is 1.95 bits per heavy atom. The van der Waals surface area contributed by atoms with Crippen LogP contribution in [0.2, 0.25) is 0 Å². The SMILES string of the molecule is CC(=O)N[C@]1(c2ccccc2)CCCN2CCCC[C@@H]21. The van der Waals surface area contributed by atoms with Gasteiger partial charge in [0.2, 0.25) is 5.91 Å². The summed E-state index contributed by atoms with van der Waals surface area (Å²) in [5, 5.41) is 3.33. The van der Waals surface area contributed by atoms with Gasteiger partial charge >= 0.3 is 0 Å². The van der Waals surface area contributed by atoms with Gasteiger partial charge < -0.3 is 5.32 Å². The summed E-state index contributed by atoms with van der Waals surface area (Å²) in [4.78, 5) is 14.4. The lowest BCUT2D eigenvalue weighted by Crippen LogP contribution is -2.63. The number of fused-ring (bicyclic) bond motifs is 1. The van der Waals surface area contributed by atoms with Gasteiger partial charge in [-0.3, -0.25) is 9.69 Å². The van der Waals surface area contributed by atoms with Crippen molar-refractivity contribution < 1.29 is 4.79 Å². The minimum Gasteiger partial charge on any atom is -0.345 e. The number of nitrogens with zero attached hydrogens (tertiary/aromatic N) is 1. The lowest BCUT2D eigenvalue weighted by molar-refractivity contribution is -0.123. The summed E-state index contributed by atoms with van der Waals surface area (Å²) in [6.07, 6.45) is 5.97. The summed E-state index contributed by atoms with van der Waals surface area (Å²) in [6, 6.07) is 11.0. The second-order valence-corrected chi connectivity index (χ2v) is 6.17. The van der Waals surface area contributed by atoms with E-state index < -0.39 is 0 Å². The normalized spacial score (nSPS) is 30.6. The Hall–Kier alpha value is -1.35. The van der Waals surface area contributed by atoms with E-state index in [4.69, 9.17) is 0 Å². The van der Waals surface area contributed by atoms with Gasteiger partial charge in [0.05, 0.1) is 5.54 Å². The number of amides is 1. The van der Waals surface area contributed by atoms with Crippen molar-refractivity contribution in [2.75, 3.05) is 13.1 Å². The second kappa shape index (κ2) is 5.57. The summed E-state index contributed by atoms with van der Waals surface area (Å²) in [6.45, 7) is 4.00. The number of nitrogens with one attached hydrogen (secondary N) is 1. The highest BCUT2D eigenvalue weighted by atomic mass is 16.1. The molecule has 0 spiro atoms. The molecule has 1 aromatic carbocycles. The van der Waals surface area contributed by atoms with E-state index in [1.807, 2.05) is 6.07 Å². The van der Waals surface area contributed by atoms with Crippen molar-refractivity contribution in [3.8, 4) is 0 Å². The molecule has 0 unspecified atom stereocenters. The molecule has 1 aromatic rings. The smallest absolute Gasteiger partial charge is 0.217 e. The molecular weight excluding hydrogens is 248 g/mol. The van der Waals surface area contributed by atoms with Gasteiger partial charge in [0, 0.05) is 13.0 Å². The zero-order valence-electron chi connectivity index (χ0n) is 12.3. The largest absolute Gasteiger partial charge is 0.345 e. The molecule has 2 heterocycles. The molecule has 3 nitrogen and oxygen atoms in total. The molecule has 0 aromatic heterocycles. The monoisotopic (exact) mass is 272 g/mol. The maximum absolute atomic E-state index is 11.8. The van der Waals surface area contributed by atoms with Gasteiger partial charge in [-0.1, -0.05) is 36.8 Å². The van der Waals surface area contributed by atoms with Crippen LogP contribution in [0, 0.1) is 0 Å². The van der Waals surface area contributed by atoms with Crippen LogP contribution in [0.5, 0.6) is 0 Å². The number of hydrogen-bond acceptors (Lipinski definition) is 2. The Kier molecular flexibility index (Phi) is 3.79. The van der Waals surface area contributed by atoms with Crippen LogP contribution in [0.3, 0.4) is 0 Å². The third kappa shape index (κ3) is 2.35. The number of carbonyl (C=O) groups is 1. The molecule has 20 heavy (non-hydrogen) atoms. The number of benzene rings is 1. The number of hydrogen-bond donors (Lipinski definition) is 1. The van der Waals surface area contributed by atoms with Gasteiger partial charge in [-0.15, -0.1) is 0 Å². The van der Waals surface area contributed by atoms with Gasteiger partial charge in [0.15, 0.2) is 0 Å². The molecule has 2 fully saturated rings. The van der Waals surface area contributed by atoms with E-state index in [0.717, 1.165) is 12.8 Å². The molecule has 2 saturated heterocycles. The predicted molar refractivity (Wildman–Crippen MR) is 80.4 cm³/mol. The molecule has 3 heteroatoms. The van der Waals surface area contributed by atoms with Gasteiger partial charge in [-0.2, -0.15) is 0 Å². The highest BCUT2D eigenvalue weighted by molar-refractivity contribution is 5.74. The number of carbonyl (C=O) groups excluding carboxylic acids is 1. The third-order valence-electron chi connectivity index (χ3n) is 4.89. The molecule has 108 valence electrons. The van der Waals surface area contributed by atoms with Crippen molar-refractivity contribution >= 4 is 5.91 Å². The van der Waals surface area contributed by atoms with Crippen molar-refractivity contribution in [3.05, 3.63) is 35.9 Å². The van der Waals surface area contributed by atoms with E-state index in [1.165, 1.54) is 37.9 Å². The maximum atomic E-state index is 11.8. The summed E-state index contributed by atoms with van der Waals surface area (Å²) in [5.41, 5.74) is 1.08. The Morgan fingerprint density at radius 3 is 2.70 bits per heavy atom. The molecule has 0 aliphatic carbocycles. The van der Waals surface area contributed by atoms with Crippen LogP contribution in [-0.4, -0.2) is 29.9 Å². The van der Waals surface area contributed by atoms with E-state index in [1.54, 1.807) is 6.92 Å². The van der Waals surface area contributed by atoms with Crippen molar-refractivity contribution in [1.29, 1.82) is 0 Å². The Bertz CT molecular complexity index is 471. The molecule has 0 bridgehead atoms. The molecule has 1 amide bonds. The number of piperidine rings is 2. The summed E-state index contributed by atoms with van der Waals surface area (Å²) < 4.78 is 0. The van der Waals surface area contributed by atoms with Gasteiger partial charge in [0.1, 0.15) is 0 Å². The molecular formula is C17H24N2O. The lowest BCUT2D eigenvalue weighted by Gasteiger charge is -2.52. The lowest BCUT2D eigenvalue weighted by atomic mass is 9.72. The topological polar surface area (TPSA) is 32.3 Å². The predicted octanol–water partition coefficient (Wildman–Crippen LogP) is 2.67. The van der Waals surface area contributed by atoms with Gasteiger partial charge in [-0.25, -0.2) is 0 Å². The number of rotatable bonds is 2. The molecule has 2 aliphatic rings. The fourth-order valence-electron chi connectivity index (χ4n) is 4.15. The van der Waals surface area contributed by atoms with Crippen LogP contribution in [0.4, 0.5) is 0 Å². The van der Waals surface area contributed by atoms with E-state index in [9.17, 15) is 4.79 Å². The summed E-state index contributed by atoms with van der Waals surface area (Å²) in [7, 11) is 0. The molecule has 0 radical (unpaired) electrons. The first-order chi connectivity index (χ1) is 9.72. The average molecular weight is 272 g/mol. The van der Waals surface area contributed by atoms with Crippen LogP contribution in [0.25, 0.3) is 0 Å². The molecule has 3 rings (SSSR count). The van der Waals surface area contributed by atoms with Gasteiger partial charge in [-0.05, 0) is 44.3 Å². The quantitative estimate of drug-likeness (QED) is 0.897. The highest BCUT2D eigenvalue weighted by Crippen LogP contribution is 2.41. The zero-order chi connectivity index (χ0) is 14.0. The average Bonchev–Trinajstić information content (AvgIpc) is 2.48. The van der Waals surface area contributed by atoms with E-state index >= 15 is 0 Å². The van der Waals surface area contributed by atoms with Gasteiger partial charge in [0.25, 0.3) is 0 Å². The van der Waals surface area contributed by atoms with E-state index in [2.05, 4.69) is 34.5 Å². The Labute approximate surface area is 121 Å². The van der Waals surface area contributed by atoms with Crippen molar-refractivity contribution in [2.24, 2.45) is 0 Å². The van der Waals surface area contributed by atoms with Crippen molar-refractivity contribution in [1.82, 2.24) is 10.2 Å². The fourth-order valence-corrected chi connectivity index (χ4v) is 4.15. The van der Waals surface area contributed by atoms with Crippen molar-refractivity contribution in [3.63, 3.8) is 0 Å². The first-order valence-electron chi connectivity index (χ1n) is 7.81. The maximum Gasteiger partial charge on any atom is 0.217 e. The minimum absolute atomic E-state index is 0.0845. The highest BCUT2D eigenvalue weighted by Gasteiger charge is 2.46. The standard InChI is InChI=1S/C17H24N2O/c1-14(20)18-17(15-8-3-2-4-9-15)11-7-13-19-12-6-5-10-16(17)19/h2-4,8-9,16H,5-7,10-13H2,1H3,(H,18,20)/t16-,17+/m1/s1. The van der Waals surface area contributed by atoms with Crippen LogP contribution < -0.4 is 5.32 Å². The Morgan fingerprint density at radius 1 is 1.20 bits per heavy atom. The molecule has 1 N–H and O–H groups in total. The zero-order valence-corrected chi connectivity index (χ0v) is 12.3. The van der Waals surface area contributed by atoms with E-state index in [0.29, 0.717) is 6.04 Å². The first-order valence-corrected chi connectivity index (χ1v) is 7.81. The molecule has 2 atom stereocenters. The second-order valence-electron chi connectivity index (χ2n) is 6.17. The minimum atomic E-state index is -0.189. The van der Waals surface area contributed by atoms with Crippen LogP contribution in [0.15, 0.2) is 30.3 Å². The van der Waals surface area contributed by atoms with Crippen LogP contribution in [0.1, 0.15) is 44.6 Å². The summed E-state index contributed by atoms with van der Waals surface area (Å²) >= 11 is 0. The van der Waals surface area contributed by atoms with Crippen LogP contribution >= 0.6 is 0 Å². The molecule has 0 saturated carbocycles. The molecule has 2 aliphatic heterocycles. The first kappa shape index (κ1) is 13.6. The fraction of sp³-hybridized carbons (Fsp3) is 0.588.